The quantitative estimate of drug-likeness (QED) is 0.533. The first-order valence-corrected chi connectivity index (χ1v) is 10.6. The highest BCUT2D eigenvalue weighted by Crippen LogP contribution is 2.23. The average Bonchev–Trinajstić information content (AvgIpc) is 3.04. The number of para-hydroxylation sites is 1. The van der Waals surface area contributed by atoms with Gasteiger partial charge in [0, 0.05) is 24.7 Å². The summed E-state index contributed by atoms with van der Waals surface area (Å²) < 4.78 is 7.77. The lowest BCUT2D eigenvalue weighted by Gasteiger charge is -2.06. The second-order valence-corrected chi connectivity index (χ2v) is 7.24. The van der Waals surface area contributed by atoms with Gasteiger partial charge in [-0.25, -0.2) is 9.67 Å². The second-order valence-electron chi connectivity index (χ2n) is 7.24. The van der Waals surface area contributed by atoms with Crippen molar-refractivity contribution in [3.8, 4) is 22.8 Å². The van der Waals surface area contributed by atoms with Gasteiger partial charge in [-0.2, -0.15) is 5.10 Å². The number of hydrogen-bond donors (Lipinski definition) is 2. The van der Waals surface area contributed by atoms with Crippen molar-refractivity contribution in [1.82, 2.24) is 15.1 Å². The summed E-state index contributed by atoms with van der Waals surface area (Å²) >= 11 is 0. The summed E-state index contributed by atoms with van der Waals surface area (Å²) in [6.07, 6.45) is 5.91. The molecule has 1 aromatic heterocycles. The number of benzene rings is 2. The fraction of sp³-hybridized carbons (Fsp3) is 0.160. The maximum atomic E-state index is 11.5. The summed E-state index contributed by atoms with van der Waals surface area (Å²) in [6.45, 7) is 4.43. The summed E-state index contributed by atoms with van der Waals surface area (Å²) in [5, 5.41) is 10.8. The number of aromatic nitrogens is 2. The number of carbonyl (C=O) groups excluding carboxylic acids is 1. The molecule has 0 unspecified atom stereocenters. The highest BCUT2D eigenvalue weighted by atomic mass is 16.5. The molecule has 7 heteroatoms. The first kappa shape index (κ1) is 21.3. The molecule has 2 heterocycles. The number of nitrogens with two attached hydrogens (primary N) is 1. The molecule has 1 amide bonds. The minimum absolute atomic E-state index is 0.205. The number of hydrogen-bond acceptors (Lipinski definition) is 4. The lowest BCUT2D eigenvalue weighted by molar-refractivity contribution is -0.535. The molecule has 32 heavy (non-hydrogen) atoms. The van der Waals surface area contributed by atoms with Gasteiger partial charge in [-0.15, -0.1) is 0 Å². The number of amides is 1. The molecule has 0 aliphatic carbocycles. The van der Waals surface area contributed by atoms with Gasteiger partial charge in [-0.05, 0) is 42.5 Å². The minimum atomic E-state index is -0.205. The zero-order valence-corrected chi connectivity index (χ0v) is 18.0. The zero-order valence-electron chi connectivity index (χ0n) is 18.0. The molecule has 3 N–H and O–H groups in total. The van der Waals surface area contributed by atoms with Crippen LogP contribution in [-0.2, 0) is 11.3 Å². The normalized spacial score (nSPS) is 12.5. The van der Waals surface area contributed by atoms with Crippen molar-refractivity contribution in [3.63, 3.8) is 0 Å². The van der Waals surface area contributed by atoms with Crippen LogP contribution in [0.3, 0.4) is 0 Å². The van der Waals surface area contributed by atoms with Gasteiger partial charge in [0.15, 0.2) is 5.49 Å². The second kappa shape index (κ2) is 9.89. The molecule has 0 saturated heterocycles. The van der Waals surface area contributed by atoms with E-state index in [4.69, 9.17) is 9.84 Å². The predicted molar refractivity (Wildman–Crippen MR) is 123 cm³/mol. The molecular formula is C25H26N5O2+. The van der Waals surface area contributed by atoms with Crippen molar-refractivity contribution in [2.75, 3.05) is 13.6 Å². The van der Waals surface area contributed by atoms with Gasteiger partial charge < -0.3 is 15.4 Å². The molecule has 0 saturated carbocycles. The Bertz CT molecular complexity index is 1260. The van der Waals surface area contributed by atoms with E-state index in [0.717, 1.165) is 39.9 Å². The Labute approximate surface area is 186 Å². The highest BCUT2D eigenvalue weighted by Gasteiger charge is 2.17. The first-order chi connectivity index (χ1) is 15.7. The lowest BCUT2D eigenvalue weighted by Crippen LogP contribution is -2.78. The molecule has 7 nitrogen and oxygen atoms in total. The number of carbonyl (C=O) groups is 1. The van der Waals surface area contributed by atoms with Gasteiger partial charge >= 0.3 is 0 Å². The summed E-state index contributed by atoms with van der Waals surface area (Å²) in [5.74, 6) is 1.35. The van der Waals surface area contributed by atoms with Crippen molar-refractivity contribution in [3.05, 3.63) is 90.2 Å². The first-order valence-electron chi connectivity index (χ1n) is 10.6. The number of rotatable bonds is 8. The van der Waals surface area contributed by atoms with Gasteiger partial charge in [-0.1, -0.05) is 30.9 Å². The van der Waals surface area contributed by atoms with Gasteiger partial charge in [0.05, 0.1) is 13.6 Å². The predicted octanol–water partition coefficient (Wildman–Crippen LogP) is 1.48. The van der Waals surface area contributed by atoms with Crippen LogP contribution in [0.2, 0.25) is 0 Å². The van der Waals surface area contributed by atoms with Crippen molar-refractivity contribution in [2.24, 2.45) is 4.99 Å². The Balaban J connectivity index is 1.70. The molecule has 1 aliphatic rings. The number of quaternary nitrogens is 1. The summed E-state index contributed by atoms with van der Waals surface area (Å²) in [6, 6.07) is 17.6. The van der Waals surface area contributed by atoms with E-state index in [2.05, 4.69) is 22.2 Å². The monoisotopic (exact) mass is 428 g/mol. The molecular weight excluding hydrogens is 402 g/mol. The number of nitrogens with one attached hydrogen (secondary N) is 1. The largest absolute Gasteiger partial charge is 0.457 e. The smallest absolute Gasteiger partial charge is 0.243 e. The summed E-state index contributed by atoms with van der Waals surface area (Å²) in [7, 11) is 2.03. The Morgan fingerprint density at radius 3 is 2.66 bits per heavy atom. The van der Waals surface area contributed by atoms with Crippen LogP contribution in [0.25, 0.3) is 17.0 Å². The van der Waals surface area contributed by atoms with Crippen LogP contribution in [-0.4, -0.2) is 29.3 Å². The summed E-state index contributed by atoms with van der Waals surface area (Å²) in [5.41, 5.74) is 3.80. The van der Waals surface area contributed by atoms with E-state index in [9.17, 15) is 4.79 Å². The van der Waals surface area contributed by atoms with Gasteiger partial charge in [0.2, 0.25) is 5.91 Å². The zero-order chi connectivity index (χ0) is 22.3. The van der Waals surface area contributed by atoms with Crippen LogP contribution in [0, 0.1) is 0 Å². The molecule has 0 fully saturated rings. The fourth-order valence-electron chi connectivity index (χ4n) is 3.57. The van der Waals surface area contributed by atoms with E-state index >= 15 is 0 Å². The van der Waals surface area contributed by atoms with Crippen LogP contribution in [0.15, 0.2) is 84.5 Å². The molecule has 0 radical (unpaired) electrons. The standard InChI is InChI=1S/C25H25N5O2/c1-3-22(31)27-16-17-30-25-23(21(26-2)10-7-15-28-25)24(29-30)18-11-13-20(14-12-18)32-19-8-5-4-6-9-19/h3-9,11-15,26H,1,10,16-17H2,2H3,(H,27,31)/p+1. The van der Waals surface area contributed by atoms with Crippen LogP contribution >= 0.6 is 0 Å². The van der Waals surface area contributed by atoms with E-state index in [1.807, 2.05) is 78.6 Å². The third-order valence-corrected chi connectivity index (χ3v) is 5.15. The summed E-state index contributed by atoms with van der Waals surface area (Å²) in [4.78, 5) is 16.2. The maximum absolute atomic E-state index is 11.5. The third-order valence-electron chi connectivity index (χ3n) is 5.15. The lowest BCUT2D eigenvalue weighted by atomic mass is 10.1. The Kier molecular flexibility index (Phi) is 6.57. The molecule has 1 aliphatic heterocycles. The van der Waals surface area contributed by atoms with Crippen molar-refractivity contribution >= 4 is 11.6 Å². The van der Waals surface area contributed by atoms with Crippen LogP contribution in [0.1, 0.15) is 6.42 Å². The number of nitrogens with zero attached hydrogens (tertiary/aromatic N) is 3. The van der Waals surface area contributed by atoms with Crippen LogP contribution < -0.4 is 26.1 Å². The number of fused-ring (bicyclic) bond motifs is 1. The topological polar surface area (TPSA) is 85.1 Å². The van der Waals surface area contributed by atoms with E-state index in [-0.39, 0.29) is 5.91 Å². The van der Waals surface area contributed by atoms with Crippen LogP contribution in [0.4, 0.5) is 0 Å². The van der Waals surface area contributed by atoms with Crippen molar-refractivity contribution in [1.29, 1.82) is 0 Å². The minimum Gasteiger partial charge on any atom is -0.457 e. The van der Waals surface area contributed by atoms with Crippen molar-refractivity contribution in [2.45, 2.75) is 13.0 Å². The maximum Gasteiger partial charge on any atom is 0.243 e. The molecule has 162 valence electrons. The van der Waals surface area contributed by atoms with Crippen LogP contribution in [0.5, 0.6) is 11.5 Å². The van der Waals surface area contributed by atoms with E-state index < -0.39 is 0 Å². The molecule has 3 aromatic rings. The number of ether oxygens (including phenoxy) is 1. The van der Waals surface area contributed by atoms with Gasteiger partial charge in [0.25, 0.3) is 0 Å². The highest BCUT2D eigenvalue weighted by molar-refractivity contribution is 5.86. The Morgan fingerprint density at radius 2 is 1.94 bits per heavy atom. The molecule has 2 aromatic carbocycles. The van der Waals surface area contributed by atoms with Gasteiger partial charge in [0.1, 0.15) is 28.1 Å². The van der Waals surface area contributed by atoms with Gasteiger partial charge in [-0.3, -0.25) is 4.79 Å². The molecule has 0 bridgehead atoms. The van der Waals surface area contributed by atoms with E-state index in [1.54, 1.807) is 0 Å². The third kappa shape index (κ3) is 4.68. The molecule has 0 spiro atoms. The Hall–Kier alpha value is -3.97. The van der Waals surface area contributed by atoms with E-state index in [1.165, 1.54) is 11.8 Å². The fourth-order valence-corrected chi connectivity index (χ4v) is 3.57. The van der Waals surface area contributed by atoms with E-state index in [0.29, 0.717) is 13.1 Å². The SMILES string of the molecule is C=CC(=O)NCCn1nc(-c2ccc(Oc3ccccc3)cc2)c2c1=NC=CCC=2[NH2+]C. The molecule has 4 rings (SSSR count). The average molecular weight is 429 g/mol. The van der Waals surface area contributed by atoms with Crippen molar-refractivity contribution < 1.29 is 14.8 Å². The molecule has 0 atom stereocenters. The Morgan fingerprint density at radius 1 is 1.19 bits per heavy atom.